The highest BCUT2D eigenvalue weighted by atomic mass is 32.2. The Bertz CT molecular complexity index is 355. The molecule has 0 aliphatic carbocycles. The van der Waals surface area contributed by atoms with Crippen LogP contribution in [0.5, 0.6) is 0 Å². The van der Waals surface area contributed by atoms with E-state index < -0.39 is 16.0 Å². The molecule has 1 fully saturated rings. The summed E-state index contributed by atoms with van der Waals surface area (Å²) < 4.78 is 30.0. The zero-order chi connectivity index (χ0) is 12.9. The van der Waals surface area contributed by atoms with Crippen LogP contribution in [0.3, 0.4) is 0 Å². The summed E-state index contributed by atoms with van der Waals surface area (Å²) in [4.78, 5) is 11.0. The van der Waals surface area contributed by atoms with Crippen LogP contribution in [0.2, 0.25) is 0 Å². The topological polar surface area (TPSA) is 75.7 Å². The molecule has 0 aromatic carbocycles. The van der Waals surface area contributed by atoms with Gasteiger partial charge >= 0.3 is 5.97 Å². The Labute approximate surface area is 102 Å². The van der Waals surface area contributed by atoms with E-state index in [0.29, 0.717) is 13.1 Å². The van der Waals surface area contributed by atoms with Gasteiger partial charge in [-0.25, -0.2) is 8.42 Å². The van der Waals surface area contributed by atoms with Crippen LogP contribution >= 0.6 is 0 Å². The van der Waals surface area contributed by atoms with Gasteiger partial charge in [0.05, 0.1) is 19.3 Å². The van der Waals surface area contributed by atoms with E-state index >= 15 is 0 Å². The minimum absolute atomic E-state index is 0.0163. The molecule has 1 atom stereocenters. The minimum atomic E-state index is -3.34. The fourth-order valence-electron chi connectivity index (χ4n) is 2.05. The summed E-state index contributed by atoms with van der Waals surface area (Å²) in [5.41, 5.74) is 0. The summed E-state index contributed by atoms with van der Waals surface area (Å²) in [6, 6.07) is 0.0163. The highest BCUT2D eigenvalue weighted by molar-refractivity contribution is 7.89. The van der Waals surface area contributed by atoms with Gasteiger partial charge in [-0.2, -0.15) is 4.31 Å². The van der Waals surface area contributed by atoms with Gasteiger partial charge in [0.15, 0.2) is 0 Å². The van der Waals surface area contributed by atoms with E-state index in [1.54, 1.807) is 7.05 Å². The lowest BCUT2D eigenvalue weighted by Gasteiger charge is -2.23. The molecule has 100 valence electrons. The quantitative estimate of drug-likeness (QED) is 0.658. The zero-order valence-electron chi connectivity index (χ0n) is 10.3. The Balaban J connectivity index is 2.59. The van der Waals surface area contributed by atoms with E-state index in [9.17, 15) is 13.2 Å². The highest BCUT2D eigenvalue weighted by Crippen LogP contribution is 2.21. The van der Waals surface area contributed by atoms with E-state index in [-0.39, 0.29) is 18.2 Å². The first-order valence-electron chi connectivity index (χ1n) is 5.72. The molecule has 1 heterocycles. The van der Waals surface area contributed by atoms with Crippen LogP contribution in [0, 0.1) is 0 Å². The standard InChI is InChI=1S/C10H20N2O4S/c1-11-8-9-4-3-6-12(9)17(14,15)7-5-10(13)16-2/h9,11H,3-8H2,1-2H3. The van der Waals surface area contributed by atoms with Crippen molar-refractivity contribution in [2.75, 3.05) is 33.0 Å². The third-order valence-corrected chi connectivity index (χ3v) is 4.83. The molecule has 6 nitrogen and oxygen atoms in total. The normalized spacial score (nSPS) is 21.6. The Morgan fingerprint density at radius 2 is 2.24 bits per heavy atom. The Kier molecular flexibility index (Phi) is 5.35. The summed E-state index contributed by atoms with van der Waals surface area (Å²) in [5.74, 6) is -0.655. The number of hydrogen-bond donors (Lipinski definition) is 1. The van der Waals surface area contributed by atoms with Crippen molar-refractivity contribution in [1.82, 2.24) is 9.62 Å². The van der Waals surface area contributed by atoms with Crippen LogP contribution in [-0.4, -0.2) is 57.7 Å². The molecule has 0 aromatic heterocycles. The summed E-state index contributed by atoms with van der Waals surface area (Å²) in [7, 11) is -0.282. The van der Waals surface area contributed by atoms with Crippen molar-refractivity contribution in [1.29, 1.82) is 0 Å². The average molecular weight is 264 g/mol. The lowest BCUT2D eigenvalue weighted by molar-refractivity contribution is -0.140. The Morgan fingerprint density at radius 3 is 2.82 bits per heavy atom. The SMILES string of the molecule is CNCC1CCCN1S(=O)(=O)CCC(=O)OC. The highest BCUT2D eigenvalue weighted by Gasteiger charge is 2.33. The van der Waals surface area contributed by atoms with Crippen molar-refractivity contribution in [2.45, 2.75) is 25.3 Å². The number of rotatable bonds is 6. The molecule has 1 N–H and O–H groups in total. The van der Waals surface area contributed by atoms with Gasteiger partial charge in [0.2, 0.25) is 10.0 Å². The fraction of sp³-hybridized carbons (Fsp3) is 0.900. The van der Waals surface area contributed by atoms with Gasteiger partial charge in [0.25, 0.3) is 0 Å². The number of carbonyl (C=O) groups excluding carboxylic acids is 1. The first-order chi connectivity index (χ1) is 8.01. The molecule has 1 rings (SSSR count). The van der Waals surface area contributed by atoms with E-state index in [0.717, 1.165) is 12.8 Å². The maximum atomic E-state index is 12.0. The van der Waals surface area contributed by atoms with Gasteiger partial charge < -0.3 is 10.1 Å². The molecule has 1 aliphatic rings. The lowest BCUT2D eigenvalue weighted by Crippen LogP contribution is -2.42. The number of methoxy groups -OCH3 is 1. The number of hydrogen-bond acceptors (Lipinski definition) is 5. The first-order valence-corrected chi connectivity index (χ1v) is 7.33. The van der Waals surface area contributed by atoms with Crippen molar-refractivity contribution in [3.05, 3.63) is 0 Å². The fourth-order valence-corrected chi connectivity index (χ4v) is 3.75. The number of nitrogens with one attached hydrogen (secondary N) is 1. The first kappa shape index (κ1) is 14.4. The number of sulfonamides is 1. The summed E-state index contributed by atoms with van der Waals surface area (Å²) in [6.07, 6.45) is 1.67. The van der Waals surface area contributed by atoms with E-state index in [4.69, 9.17) is 0 Å². The van der Waals surface area contributed by atoms with Gasteiger partial charge in [-0.05, 0) is 19.9 Å². The van der Waals surface area contributed by atoms with Gasteiger partial charge in [0, 0.05) is 19.1 Å². The molecule has 17 heavy (non-hydrogen) atoms. The smallest absolute Gasteiger partial charge is 0.306 e. The third-order valence-electron chi connectivity index (χ3n) is 2.91. The van der Waals surface area contributed by atoms with Crippen molar-refractivity contribution in [3.8, 4) is 0 Å². The molecule has 0 saturated carbocycles. The molecule has 0 amide bonds. The van der Waals surface area contributed by atoms with Crippen LogP contribution in [0.15, 0.2) is 0 Å². The molecular formula is C10H20N2O4S. The molecule has 0 radical (unpaired) electrons. The zero-order valence-corrected chi connectivity index (χ0v) is 11.1. The molecule has 1 saturated heterocycles. The number of nitrogens with zero attached hydrogens (tertiary/aromatic N) is 1. The largest absolute Gasteiger partial charge is 0.469 e. The van der Waals surface area contributed by atoms with Crippen molar-refractivity contribution in [3.63, 3.8) is 0 Å². The predicted octanol–water partition coefficient (Wildman–Crippen LogP) is -0.437. The third kappa shape index (κ3) is 3.93. The van der Waals surface area contributed by atoms with Crippen molar-refractivity contribution < 1.29 is 17.9 Å². The molecule has 1 aliphatic heterocycles. The molecule has 0 spiro atoms. The number of likely N-dealkylation sites (N-methyl/N-ethyl adjacent to an activating group) is 1. The second-order valence-corrected chi connectivity index (χ2v) is 6.15. The minimum Gasteiger partial charge on any atom is -0.469 e. The molecule has 0 bridgehead atoms. The van der Waals surface area contributed by atoms with Crippen LogP contribution in [0.4, 0.5) is 0 Å². The number of esters is 1. The van der Waals surface area contributed by atoms with E-state index in [2.05, 4.69) is 10.1 Å². The van der Waals surface area contributed by atoms with Crippen LogP contribution in [-0.2, 0) is 19.6 Å². The lowest BCUT2D eigenvalue weighted by atomic mass is 10.2. The summed E-state index contributed by atoms with van der Waals surface area (Å²) in [6.45, 7) is 1.20. The van der Waals surface area contributed by atoms with Crippen molar-refractivity contribution in [2.24, 2.45) is 0 Å². The summed E-state index contributed by atoms with van der Waals surface area (Å²) >= 11 is 0. The molecule has 7 heteroatoms. The maximum absolute atomic E-state index is 12.0. The van der Waals surface area contributed by atoms with Crippen LogP contribution < -0.4 is 5.32 Å². The van der Waals surface area contributed by atoms with Gasteiger partial charge in [0.1, 0.15) is 0 Å². The van der Waals surface area contributed by atoms with Crippen molar-refractivity contribution >= 4 is 16.0 Å². The second-order valence-electron chi connectivity index (χ2n) is 4.11. The number of carbonyl (C=O) groups is 1. The van der Waals surface area contributed by atoms with E-state index in [1.165, 1.54) is 11.4 Å². The van der Waals surface area contributed by atoms with E-state index in [1.807, 2.05) is 0 Å². The van der Waals surface area contributed by atoms with Crippen LogP contribution in [0.1, 0.15) is 19.3 Å². The number of ether oxygens (including phenoxy) is 1. The Hall–Kier alpha value is -0.660. The monoisotopic (exact) mass is 264 g/mol. The molecule has 1 unspecified atom stereocenters. The summed E-state index contributed by atoms with van der Waals surface area (Å²) in [5, 5.41) is 2.99. The van der Waals surface area contributed by atoms with Crippen LogP contribution in [0.25, 0.3) is 0 Å². The predicted molar refractivity (Wildman–Crippen MR) is 64.1 cm³/mol. The molecular weight excluding hydrogens is 244 g/mol. The van der Waals surface area contributed by atoms with Gasteiger partial charge in [-0.1, -0.05) is 0 Å². The maximum Gasteiger partial charge on any atom is 0.306 e. The Morgan fingerprint density at radius 1 is 1.53 bits per heavy atom. The average Bonchev–Trinajstić information content (AvgIpc) is 2.75. The van der Waals surface area contributed by atoms with Gasteiger partial charge in [-0.3, -0.25) is 4.79 Å². The van der Waals surface area contributed by atoms with Gasteiger partial charge in [-0.15, -0.1) is 0 Å². The second kappa shape index (κ2) is 6.32. The molecule has 0 aromatic rings.